The molecule has 0 radical (unpaired) electrons. The van der Waals surface area contributed by atoms with E-state index in [-0.39, 0.29) is 17.4 Å². The topological polar surface area (TPSA) is 58.6 Å². The van der Waals surface area contributed by atoms with Crippen molar-refractivity contribution in [2.75, 3.05) is 12.0 Å². The van der Waals surface area contributed by atoms with E-state index >= 15 is 0 Å². The van der Waals surface area contributed by atoms with Gasteiger partial charge in [-0.15, -0.1) is 0 Å². The van der Waals surface area contributed by atoms with Crippen molar-refractivity contribution in [2.24, 2.45) is 0 Å². The highest BCUT2D eigenvalue weighted by molar-refractivity contribution is 8.27. The largest absolute Gasteiger partial charge is 0.497 e. The van der Waals surface area contributed by atoms with Crippen molar-refractivity contribution in [2.45, 2.75) is 38.6 Å². The molecule has 130 valence electrons. The Labute approximate surface area is 155 Å². The molecule has 1 unspecified atom stereocenters. The van der Waals surface area contributed by atoms with E-state index in [9.17, 15) is 9.59 Å². The molecule has 3 aliphatic heterocycles. The van der Waals surface area contributed by atoms with Crippen LogP contribution < -0.4 is 15.0 Å². The van der Waals surface area contributed by atoms with Crippen LogP contribution in [0.5, 0.6) is 5.75 Å². The van der Waals surface area contributed by atoms with E-state index < -0.39 is 0 Å². The number of ether oxygens (including phenoxy) is 1. The van der Waals surface area contributed by atoms with Crippen molar-refractivity contribution in [3.8, 4) is 5.75 Å². The highest BCUT2D eigenvalue weighted by Gasteiger charge is 2.49. The van der Waals surface area contributed by atoms with Crippen LogP contribution in [0.1, 0.15) is 44.2 Å². The van der Waals surface area contributed by atoms with Gasteiger partial charge in [0.25, 0.3) is 11.8 Å². The van der Waals surface area contributed by atoms with E-state index in [2.05, 4.69) is 26.1 Å². The Morgan fingerprint density at radius 3 is 2.68 bits per heavy atom. The van der Waals surface area contributed by atoms with Crippen LogP contribution in [0.15, 0.2) is 17.0 Å². The molecule has 0 aliphatic carbocycles. The van der Waals surface area contributed by atoms with Gasteiger partial charge in [0.1, 0.15) is 10.1 Å². The SMILES string of the molecule is COc1cc2c3c(c1)C(C)CC(C)(C)N3C(=O)C2=C1SC(=S)NC1=O. The van der Waals surface area contributed by atoms with Crippen molar-refractivity contribution in [3.05, 3.63) is 28.2 Å². The number of nitrogens with zero attached hydrogens (tertiary/aromatic N) is 1. The molecule has 3 aliphatic rings. The Morgan fingerprint density at radius 1 is 1.36 bits per heavy atom. The maximum atomic E-state index is 13.3. The Hall–Kier alpha value is -1.86. The van der Waals surface area contributed by atoms with E-state index in [1.165, 1.54) is 0 Å². The highest BCUT2D eigenvalue weighted by atomic mass is 32.2. The first-order valence-corrected chi connectivity index (χ1v) is 9.31. The number of anilines is 1. The predicted octanol–water partition coefficient (Wildman–Crippen LogP) is 3.19. The zero-order valence-electron chi connectivity index (χ0n) is 14.4. The van der Waals surface area contributed by atoms with E-state index in [1.54, 1.807) is 7.11 Å². The molecule has 1 atom stereocenters. The van der Waals surface area contributed by atoms with Gasteiger partial charge in [-0.3, -0.25) is 9.59 Å². The Balaban J connectivity index is 2.06. The smallest absolute Gasteiger partial charge is 0.264 e. The van der Waals surface area contributed by atoms with Crippen molar-refractivity contribution < 1.29 is 14.3 Å². The summed E-state index contributed by atoms with van der Waals surface area (Å²) in [5.74, 6) is 0.543. The second kappa shape index (κ2) is 5.32. The van der Waals surface area contributed by atoms with Crippen molar-refractivity contribution in [3.63, 3.8) is 0 Å². The molecule has 1 aromatic rings. The second-order valence-electron chi connectivity index (χ2n) is 7.22. The van der Waals surface area contributed by atoms with Crippen molar-refractivity contribution in [1.82, 2.24) is 5.32 Å². The maximum absolute atomic E-state index is 13.3. The van der Waals surface area contributed by atoms with Gasteiger partial charge >= 0.3 is 0 Å². The number of carbonyl (C=O) groups is 2. The van der Waals surface area contributed by atoms with Crippen LogP contribution in [0.2, 0.25) is 0 Å². The molecule has 0 aromatic heterocycles. The molecular weight excluding hydrogens is 356 g/mol. The summed E-state index contributed by atoms with van der Waals surface area (Å²) >= 11 is 6.26. The average Bonchev–Trinajstić information content (AvgIpc) is 3.00. The minimum absolute atomic E-state index is 0.135. The Morgan fingerprint density at radius 2 is 2.08 bits per heavy atom. The first kappa shape index (κ1) is 16.6. The molecule has 25 heavy (non-hydrogen) atoms. The van der Waals surface area contributed by atoms with E-state index in [4.69, 9.17) is 17.0 Å². The second-order valence-corrected chi connectivity index (χ2v) is 8.91. The molecule has 1 saturated heterocycles. The number of amides is 2. The number of benzene rings is 1. The number of thioether (sulfide) groups is 1. The van der Waals surface area contributed by atoms with Gasteiger partial charge in [-0.2, -0.15) is 0 Å². The van der Waals surface area contributed by atoms with Crippen molar-refractivity contribution in [1.29, 1.82) is 0 Å². The standard InChI is InChI=1S/C18H18N2O3S2/c1-8-7-18(2,3)20-13-10(8)5-9(23-4)6-11(13)12(16(20)22)14-15(21)19-17(24)25-14/h5-6,8H,7H2,1-4H3,(H,19,21,24). The number of methoxy groups -OCH3 is 1. The highest BCUT2D eigenvalue weighted by Crippen LogP contribution is 2.54. The third-order valence-corrected chi connectivity index (χ3v) is 6.28. The van der Waals surface area contributed by atoms with E-state index in [0.29, 0.717) is 26.5 Å². The average molecular weight is 374 g/mol. The summed E-state index contributed by atoms with van der Waals surface area (Å²) in [5.41, 5.74) is 2.86. The lowest BCUT2D eigenvalue weighted by atomic mass is 9.80. The normalized spacial score (nSPS) is 26.8. The molecular formula is C18H18N2O3S2. The van der Waals surface area contributed by atoms with Gasteiger partial charge in [0.2, 0.25) is 0 Å². The van der Waals surface area contributed by atoms with Crippen LogP contribution >= 0.6 is 24.0 Å². The Kier molecular flexibility index (Phi) is 3.53. The first-order valence-electron chi connectivity index (χ1n) is 8.09. The molecule has 7 heteroatoms. The van der Waals surface area contributed by atoms with Crippen LogP contribution in [0.4, 0.5) is 5.69 Å². The number of carbonyl (C=O) groups excluding carboxylic acids is 2. The third kappa shape index (κ3) is 2.25. The molecule has 1 aromatic carbocycles. The summed E-state index contributed by atoms with van der Waals surface area (Å²) < 4.78 is 5.83. The molecule has 1 fully saturated rings. The summed E-state index contributed by atoms with van der Waals surface area (Å²) in [6.45, 7) is 6.30. The molecule has 1 N–H and O–H groups in total. The lowest BCUT2D eigenvalue weighted by Crippen LogP contribution is -2.49. The van der Waals surface area contributed by atoms with Gasteiger partial charge in [0, 0.05) is 11.1 Å². The van der Waals surface area contributed by atoms with Crippen LogP contribution in [0, 0.1) is 0 Å². The molecule has 0 spiro atoms. The summed E-state index contributed by atoms with van der Waals surface area (Å²) in [4.78, 5) is 27.9. The molecule has 0 saturated carbocycles. The first-order chi connectivity index (χ1) is 11.7. The summed E-state index contributed by atoms with van der Waals surface area (Å²) in [5, 5.41) is 2.61. The lowest BCUT2D eigenvalue weighted by molar-refractivity contribution is -0.116. The lowest BCUT2D eigenvalue weighted by Gasteiger charge is -2.43. The van der Waals surface area contributed by atoms with Crippen LogP contribution in [0.3, 0.4) is 0 Å². The quantitative estimate of drug-likeness (QED) is 0.604. The molecule has 4 rings (SSSR count). The maximum Gasteiger partial charge on any atom is 0.264 e. The fraction of sp³-hybridized carbons (Fsp3) is 0.389. The molecule has 5 nitrogen and oxygen atoms in total. The van der Waals surface area contributed by atoms with Gasteiger partial charge in [-0.25, -0.2) is 0 Å². The zero-order chi connectivity index (χ0) is 18.1. The number of thiocarbonyl (C=S) groups is 1. The van der Waals surface area contributed by atoms with E-state index in [0.717, 1.165) is 35.0 Å². The van der Waals surface area contributed by atoms with Gasteiger partial charge in [0.05, 0.1) is 23.3 Å². The molecule has 2 amide bonds. The van der Waals surface area contributed by atoms with Gasteiger partial charge in [0.15, 0.2) is 0 Å². The van der Waals surface area contributed by atoms with Crippen molar-refractivity contribution >= 4 is 51.4 Å². The van der Waals surface area contributed by atoms with Crippen LogP contribution in [0.25, 0.3) is 5.57 Å². The zero-order valence-corrected chi connectivity index (χ0v) is 16.1. The summed E-state index contributed by atoms with van der Waals surface area (Å²) in [7, 11) is 1.61. The fourth-order valence-electron chi connectivity index (χ4n) is 4.12. The van der Waals surface area contributed by atoms with Crippen LogP contribution in [-0.2, 0) is 9.59 Å². The van der Waals surface area contributed by atoms with Crippen LogP contribution in [-0.4, -0.2) is 28.8 Å². The van der Waals surface area contributed by atoms with Gasteiger partial charge in [-0.1, -0.05) is 30.9 Å². The van der Waals surface area contributed by atoms with E-state index in [1.807, 2.05) is 17.0 Å². The minimum atomic E-state index is -0.324. The van der Waals surface area contributed by atoms with Gasteiger partial charge < -0.3 is 15.0 Å². The Bertz CT molecular complexity index is 889. The fourth-order valence-corrected chi connectivity index (χ4v) is 5.23. The minimum Gasteiger partial charge on any atom is -0.497 e. The molecule has 3 heterocycles. The number of nitrogens with one attached hydrogen (secondary N) is 1. The summed E-state index contributed by atoms with van der Waals surface area (Å²) in [6, 6.07) is 3.85. The van der Waals surface area contributed by atoms with Gasteiger partial charge in [-0.05, 0) is 43.9 Å². The number of hydrogen-bond donors (Lipinski definition) is 1. The summed E-state index contributed by atoms with van der Waals surface area (Å²) in [6.07, 6.45) is 0.846. The molecule has 0 bridgehead atoms. The predicted molar refractivity (Wildman–Crippen MR) is 103 cm³/mol. The monoisotopic (exact) mass is 374 g/mol. The third-order valence-electron chi connectivity index (χ3n) is 5.04. The number of hydrogen-bond acceptors (Lipinski definition) is 5. The number of rotatable bonds is 1.